The second-order valence-electron chi connectivity index (χ2n) is 4.65. The summed E-state index contributed by atoms with van der Waals surface area (Å²) < 4.78 is 0. The molecule has 0 aliphatic heterocycles. The second kappa shape index (κ2) is 7.11. The Bertz CT molecular complexity index is 359. The van der Waals surface area contributed by atoms with E-state index in [9.17, 15) is 9.90 Å². The lowest BCUT2D eigenvalue weighted by Gasteiger charge is -2.27. The van der Waals surface area contributed by atoms with Gasteiger partial charge in [-0.3, -0.25) is 9.78 Å². The van der Waals surface area contributed by atoms with Gasteiger partial charge in [-0.2, -0.15) is 0 Å². The van der Waals surface area contributed by atoms with Gasteiger partial charge in [0.2, 0.25) is 0 Å². The van der Waals surface area contributed by atoms with Gasteiger partial charge in [0.25, 0.3) is 5.91 Å². The molecule has 0 atom stereocenters. The van der Waals surface area contributed by atoms with Gasteiger partial charge in [0.15, 0.2) is 0 Å². The van der Waals surface area contributed by atoms with E-state index >= 15 is 0 Å². The Morgan fingerprint density at radius 3 is 2.56 bits per heavy atom. The average Bonchev–Trinajstić information content (AvgIpc) is 2.38. The molecule has 1 amide bonds. The summed E-state index contributed by atoms with van der Waals surface area (Å²) in [4.78, 5) is 15.7. The molecule has 0 unspecified atom stereocenters. The highest BCUT2D eigenvalue weighted by molar-refractivity contribution is 5.93. The van der Waals surface area contributed by atoms with Crippen LogP contribution in [-0.2, 0) is 0 Å². The van der Waals surface area contributed by atoms with E-state index in [1.54, 1.807) is 18.3 Å². The first-order valence-electron chi connectivity index (χ1n) is 6.52. The van der Waals surface area contributed by atoms with Crippen molar-refractivity contribution in [3.63, 3.8) is 0 Å². The van der Waals surface area contributed by atoms with Crippen molar-refractivity contribution in [3.05, 3.63) is 30.1 Å². The second-order valence-corrected chi connectivity index (χ2v) is 4.65. The lowest BCUT2D eigenvalue weighted by atomic mass is 9.92. The van der Waals surface area contributed by atoms with E-state index in [-0.39, 0.29) is 5.91 Å². The maximum absolute atomic E-state index is 11.8. The van der Waals surface area contributed by atoms with Crippen LogP contribution in [0, 0.1) is 0 Å². The molecule has 0 aromatic carbocycles. The number of nitrogens with one attached hydrogen (secondary N) is 1. The number of rotatable bonds is 7. The molecule has 0 saturated carbocycles. The smallest absolute Gasteiger partial charge is 0.252 e. The Hall–Kier alpha value is -1.42. The highest BCUT2D eigenvalue weighted by Crippen LogP contribution is 2.18. The molecular weight excluding hydrogens is 228 g/mol. The summed E-state index contributed by atoms with van der Waals surface area (Å²) in [5.74, 6) is -0.186. The Labute approximate surface area is 108 Å². The zero-order valence-corrected chi connectivity index (χ0v) is 11.1. The fourth-order valence-corrected chi connectivity index (χ4v) is 2.08. The number of aromatic nitrogens is 1. The van der Waals surface area contributed by atoms with E-state index in [2.05, 4.69) is 10.3 Å². The molecule has 4 heteroatoms. The van der Waals surface area contributed by atoms with Crippen molar-refractivity contribution in [3.8, 4) is 0 Å². The third kappa shape index (κ3) is 4.45. The van der Waals surface area contributed by atoms with Gasteiger partial charge in [0.05, 0.1) is 11.2 Å². The first-order valence-corrected chi connectivity index (χ1v) is 6.52. The summed E-state index contributed by atoms with van der Waals surface area (Å²) in [5.41, 5.74) is -0.269. The van der Waals surface area contributed by atoms with Crippen molar-refractivity contribution >= 4 is 5.91 Å². The highest BCUT2D eigenvalue weighted by Gasteiger charge is 2.25. The molecule has 0 spiro atoms. The summed E-state index contributed by atoms with van der Waals surface area (Å²) in [7, 11) is 0. The minimum Gasteiger partial charge on any atom is -0.388 e. The molecule has 4 nitrogen and oxygen atoms in total. The van der Waals surface area contributed by atoms with Crippen molar-refractivity contribution in [2.45, 2.75) is 45.1 Å². The normalized spacial score (nSPS) is 11.3. The summed E-state index contributed by atoms with van der Waals surface area (Å²) in [6.07, 6.45) is 6.36. The van der Waals surface area contributed by atoms with Crippen LogP contribution in [0.25, 0.3) is 0 Å². The number of carbonyl (C=O) groups excluding carboxylic acids is 1. The fraction of sp³-hybridized carbons (Fsp3) is 0.571. The Kier molecular flexibility index (Phi) is 5.78. The minimum atomic E-state index is -0.790. The van der Waals surface area contributed by atoms with Crippen molar-refractivity contribution in [1.82, 2.24) is 10.3 Å². The Morgan fingerprint density at radius 2 is 2.06 bits per heavy atom. The monoisotopic (exact) mass is 250 g/mol. The maximum Gasteiger partial charge on any atom is 0.252 e. The molecule has 0 radical (unpaired) electrons. The predicted molar refractivity (Wildman–Crippen MR) is 71.3 cm³/mol. The summed E-state index contributed by atoms with van der Waals surface area (Å²) in [5, 5.41) is 13.2. The molecule has 100 valence electrons. The predicted octanol–water partition coefficient (Wildman–Crippen LogP) is 2.14. The molecular formula is C14H22N2O2. The van der Waals surface area contributed by atoms with Crippen LogP contribution in [-0.4, -0.2) is 28.1 Å². The molecule has 0 aliphatic rings. The largest absolute Gasteiger partial charge is 0.388 e. The molecule has 1 rings (SSSR count). The topological polar surface area (TPSA) is 62.2 Å². The highest BCUT2D eigenvalue weighted by atomic mass is 16.3. The Morgan fingerprint density at radius 1 is 1.39 bits per heavy atom. The fourth-order valence-electron chi connectivity index (χ4n) is 2.08. The van der Waals surface area contributed by atoms with E-state index in [0.29, 0.717) is 24.9 Å². The number of pyridine rings is 1. The number of aliphatic hydroxyl groups is 1. The van der Waals surface area contributed by atoms with Crippen LogP contribution in [0.15, 0.2) is 24.5 Å². The van der Waals surface area contributed by atoms with E-state index in [4.69, 9.17) is 0 Å². The van der Waals surface area contributed by atoms with Crippen molar-refractivity contribution in [1.29, 1.82) is 0 Å². The summed E-state index contributed by atoms with van der Waals surface area (Å²) in [6.45, 7) is 4.36. The third-order valence-electron chi connectivity index (χ3n) is 2.93. The summed E-state index contributed by atoms with van der Waals surface area (Å²) in [6, 6.07) is 3.43. The van der Waals surface area contributed by atoms with Crippen molar-refractivity contribution < 1.29 is 9.90 Å². The Balaban J connectivity index is 2.55. The van der Waals surface area contributed by atoms with E-state index < -0.39 is 5.60 Å². The number of hydrogen-bond acceptors (Lipinski definition) is 3. The van der Waals surface area contributed by atoms with Gasteiger partial charge in [-0.15, -0.1) is 0 Å². The number of nitrogens with zero attached hydrogens (tertiary/aromatic N) is 1. The van der Waals surface area contributed by atoms with Crippen LogP contribution in [0.3, 0.4) is 0 Å². The van der Waals surface area contributed by atoms with Gasteiger partial charge in [-0.25, -0.2) is 0 Å². The molecule has 18 heavy (non-hydrogen) atoms. The standard InChI is InChI=1S/C14H22N2O2/c1-3-7-14(18,8-4-2)11-16-13(17)12-6-5-9-15-10-12/h5-6,9-10,18H,3-4,7-8,11H2,1-2H3,(H,16,17). The van der Waals surface area contributed by atoms with Gasteiger partial charge in [0.1, 0.15) is 0 Å². The zero-order valence-electron chi connectivity index (χ0n) is 11.1. The van der Waals surface area contributed by atoms with Crippen LogP contribution in [0.5, 0.6) is 0 Å². The molecule has 0 bridgehead atoms. The van der Waals surface area contributed by atoms with Crippen LogP contribution >= 0.6 is 0 Å². The number of carbonyl (C=O) groups is 1. The molecule has 0 saturated heterocycles. The van der Waals surface area contributed by atoms with Gasteiger partial charge < -0.3 is 10.4 Å². The van der Waals surface area contributed by atoms with Gasteiger partial charge in [-0.05, 0) is 25.0 Å². The molecule has 1 aromatic heterocycles. The average molecular weight is 250 g/mol. The zero-order chi connectivity index (χ0) is 13.4. The number of hydrogen-bond donors (Lipinski definition) is 2. The van der Waals surface area contributed by atoms with Crippen LogP contribution in [0.1, 0.15) is 49.9 Å². The molecule has 0 aliphatic carbocycles. The molecule has 0 fully saturated rings. The van der Waals surface area contributed by atoms with Crippen molar-refractivity contribution in [2.75, 3.05) is 6.54 Å². The van der Waals surface area contributed by atoms with Crippen LogP contribution in [0.2, 0.25) is 0 Å². The van der Waals surface area contributed by atoms with E-state index in [1.165, 1.54) is 6.20 Å². The first-order chi connectivity index (χ1) is 8.61. The van der Waals surface area contributed by atoms with Crippen LogP contribution < -0.4 is 5.32 Å². The quantitative estimate of drug-likeness (QED) is 0.779. The van der Waals surface area contributed by atoms with Gasteiger partial charge >= 0.3 is 0 Å². The molecule has 1 heterocycles. The van der Waals surface area contributed by atoms with Gasteiger partial charge in [-0.1, -0.05) is 26.7 Å². The first kappa shape index (κ1) is 14.6. The molecule has 2 N–H and O–H groups in total. The van der Waals surface area contributed by atoms with E-state index in [0.717, 1.165) is 12.8 Å². The van der Waals surface area contributed by atoms with Crippen molar-refractivity contribution in [2.24, 2.45) is 0 Å². The third-order valence-corrected chi connectivity index (χ3v) is 2.93. The summed E-state index contributed by atoms with van der Waals surface area (Å²) >= 11 is 0. The van der Waals surface area contributed by atoms with Crippen LogP contribution in [0.4, 0.5) is 0 Å². The molecule has 1 aromatic rings. The number of amides is 1. The van der Waals surface area contributed by atoms with E-state index in [1.807, 2.05) is 13.8 Å². The minimum absolute atomic E-state index is 0.186. The lowest BCUT2D eigenvalue weighted by molar-refractivity contribution is 0.0213. The maximum atomic E-state index is 11.8. The lowest BCUT2D eigenvalue weighted by Crippen LogP contribution is -2.42. The van der Waals surface area contributed by atoms with Gasteiger partial charge in [0, 0.05) is 18.9 Å². The SMILES string of the molecule is CCCC(O)(CCC)CNC(=O)c1cccnc1.